The summed E-state index contributed by atoms with van der Waals surface area (Å²) in [6.45, 7) is 3.62. The van der Waals surface area contributed by atoms with Gasteiger partial charge in [0.25, 0.3) is 0 Å². The molecule has 0 aliphatic heterocycles. The molecule has 23 heavy (non-hydrogen) atoms. The highest BCUT2D eigenvalue weighted by molar-refractivity contribution is 7.89. The average molecular weight is 341 g/mol. The quantitative estimate of drug-likeness (QED) is 0.804. The second kappa shape index (κ2) is 7.20. The minimum absolute atomic E-state index is 0.0993. The van der Waals surface area contributed by atoms with Crippen LogP contribution in [0.1, 0.15) is 25.3 Å². The van der Waals surface area contributed by atoms with Crippen molar-refractivity contribution in [2.75, 3.05) is 6.54 Å². The van der Waals surface area contributed by atoms with Crippen molar-refractivity contribution in [1.29, 1.82) is 0 Å². The third kappa shape index (κ3) is 4.37. The lowest BCUT2D eigenvalue weighted by atomic mass is 10.2. The maximum atomic E-state index is 14.2. The van der Waals surface area contributed by atoms with E-state index in [4.69, 9.17) is 0 Å². The van der Waals surface area contributed by atoms with Gasteiger partial charge in [0.1, 0.15) is 11.5 Å². The van der Waals surface area contributed by atoms with Crippen molar-refractivity contribution in [2.45, 2.75) is 37.7 Å². The zero-order valence-corrected chi connectivity index (χ0v) is 13.8. The summed E-state index contributed by atoms with van der Waals surface area (Å²) in [7, 11) is -3.87. The van der Waals surface area contributed by atoms with Crippen LogP contribution in [0.25, 0.3) is 5.69 Å². The fourth-order valence-corrected chi connectivity index (χ4v) is 3.19. The Morgan fingerprint density at radius 2 is 2.17 bits per heavy atom. The van der Waals surface area contributed by atoms with Gasteiger partial charge in [-0.15, -0.1) is 0 Å². The Morgan fingerprint density at radius 3 is 2.74 bits per heavy atom. The molecule has 2 N–H and O–H groups in total. The fraction of sp³-hybridized carbons (Fsp3) is 0.400. The van der Waals surface area contributed by atoms with Crippen LogP contribution in [0.5, 0.6) is 0 Å². The van der Waals surface area contributed by atoms with Gasteiger partial charge < -0.3 is 5.11 Å². The van der Waals surface area contributed by atoms with E-state index in [1.54, 1.807) is 12.4 Å². The number of nitrogens with one attached hydrogen (secondary N) is 1. The van der Waals surface area contributed by atoms with Gasteiger partial charge in [0.05, 0.1) is 17.2 Å². The summed E-state index contributed by atoms with van der Waals surface area (Å²) < 4.78 is 42.1. The first-order chi connectivity index (χ1) is 10.8. The number of aliphatic hydroxyl groups excluding tert-OH is 1. The van der Waals surface area contributed by atoms with E-state index in [2.05, 4.69) is 9.82 Å². The molecule has 2 rings (SSSR count). The smallest absolute Gasteiger partial charge is 0.240 e. The van der Waals surface area contributed by atoms with Crippen molar-refractivity contribution in [3.05, 3.63) is 42.0 Å². The highest BCUT2D eigenvalue weighted by atomic mass is 32.2. The van der Waals surface area contributed by atoms with Gasteiger partial charge in [-0.2, -0.15) is 5.10 Å². The topological polar surface area (TPSA) is 84.2 Å². The fourth-order valence-electron chi connectivity index (χ4n) is 2.11. The van der Waals surface area contributed by atoms with Gasteiger partial charge in [0, 0.05) is 12.7 Å². The molecule has 0 bridgehead atoms. The maximum Gasteiger partial charge on any atom is 0.240 e. The molecule has 8 heteroatoms. The van der Waals surface area contributed by atoms with Crippen LogP contribution in [0.15, 0.2) is 35.5 Å². The normalized spacial score (nSPS) is 13.2. The van der Waals surface area contributed by atoms with E-state index in [0.717, 1.165) is 18.1 Å². The third-order valence-electron chi connectivity index (χ3n) is 3.32. The lowest BCUT2D eigenvalue weighted by Crippen LogP contribution is -2.32. The van der Waals surface area contributed by atoms with Crippen LogP contribution in [-0.2, 0) is 10.0 Å². The van der Waals surface area contributed by atoms with Crippen LogP contribution in [0.3, 0.4) is 0 Å². The molecular weight excluding hydrogens is 321 g/mol. The number of aliphatic hydroxyl groups is 1. The van der Waals surface area contributed by atoms with Crippen LogP contribution in [0, 0.1) is 12.7 Å². The molecule has 1 unspecified atom stereocenters. The van der Waals surface area contributed by atoms with E-state index in [0.29, 0.717) is 6.42 Å². The van der Waals surface area contributed by atoms with Crippen molar-refractivity contribution < 1.29 is 17.9 Å². The molecule has 0 aliphatic rings. The molecule has 6 nitrogen and oxygen atoms in total. The van der Waals surface area contributed by atoms with Crippen LogP contribution in [-0.4, -0.2) is 36.0 Å². The number of nitrogens with zero attached hydrogens (tertiary/aromatic N) is 2. The largest absolute Gasteiger partial charge is 0.392 e. The summed E-state index contributed by atoms with van der Waals surface area (Å²) in [6, 6.07) is 3.61. The van der Waals surface area contributed by atoms with Gasteiger partial charge in [0.15, 0.2) is 0 Å². The predicted molar refractivity (Wildman–Crippen MR) is 84.4 cm³/mol. The summed E-state index contributed by atoms with van der Waals surface area (Å²) in [5, 5.41) is 13.6. The van der Waals surface area contributed by atoms with E-state index in [-0.39, 0.29) is 17.1 Å². The molecule has 0 saturated carbocycles. The number of benzene rings is 1. The van der Waals surface area contributed by atoms with Gasteiger partial charge in [0.2, 0.25) is 10.0 Å². The highest BCUT2D eigenvalue weighted by Gasteiger charge is 2.18. The molecule has 2 aromatic rings. The standard InChI is InChI=1S/C15H20FN3O3S/c1-3-4-12(20)9-18-23(21,22)13-5-6-15(14(16)7-13)19-10-11(2)8-17-19/h5-8,10,12,18,20H,3-4,9H2,1-2H3. The van der Waals surface area contributed by atoms with Crippen LogP contribution < -0.4 is 4.72 Å². The van der Waals surface area contributed by atoms with Crippen molar-refractivity contribution in [1.82, 2.24) is 14.5 Å². The molecule has 0 amide bonds. The number of aryl methyl sites for hydroxylation is 1. The number of hydrogen-bond donors (Lipinski definition) is 2. The zero-order valence-electron chi connectivity index (χ0n) is 13.0. The molecule has 1 heterocycles. The first kappa shape index (κ1) is 17.6. The first-order valence-electron chi connectivity index (χ1n) is 7.32. The van der Waals surface area contributed by atoms with Crippen LogP contribution in [0.4, 0.5) is 4.39 Å². The summed E-state index contributed by atoms with van der Waals surface area (Å²) in [6.07, 6.45) is 3.71. The molecular formula is C15H20FN3O3S. The minimum atomic E-state index is -3.87. The van der Waals surface area contributed by atoms with E-state index in [1.807, 2.05) is 13.8 Å². The average Bonchev–Trinajstić information content (AvgIpc) is 2.92. The molecule has 1 aromatic heterocycles. The zero-order chi connectivity index (χ0) is 17.0. The monoisotopic (exact) mass is 341 g/mol. The highest BCUT2D eigenvalue weighted by Crippen LogP contribution is 2.18. The lowest BCUT2D eigenvalue weighted by molar-refractivity contribution is 0.167. The molecule has 0 radical (unpaired) electrons. The summed E-state index contributed by atoms with van der Waals surface area (Å²) in [5.41, 5.74) is 1.04. The van der Waals surface area contributed by atoms with E-state index < -0.39 is 21.9 Å². The molecule has 0 fully saturated rings. The second-order valence-electron chi connectivity index (χ2n) is 5.37. The maximum absolute atomic E-state index is 14.2. The first-order valence-corrected chi connectivity index (χ1v) is 8.80. The lowest BCUT2D eigenvalue weighted by Gasteiger charge is -2.12. The molecule has 1 aromatic carbocycles. The van der Waals surface area contributed by atoms with Crippen molar-refractivity contribution >= 4 is 10.0 Å². The number of aromatic nitrogens is 2. The van der Waals surface area contributed by atoms with Gasteiger partial charge in [-0.3, -0.25) is 0 Å². The molecule has 126 valence electrons. The summed E-state index contributed by atoms with van der Waals surface area (Å²) in [4.78, 5) is -0.189. The Hall–Kier alpha value is -1.77. The second-order valence-corrected chi connectivity index (χ2v) is 7.14. The van der Waals surface area contributed by atoms with E-state index in [1.165, 1.54) is 16.8 Å². The predicted octanol–water partition coefficient (Wildman–Crippen LogP) is 1.76. The van der Waals surface area contributed by atoms with Crippen molar-refractivity contribution in [2.24, 2.45) is 0 Å². The Balaban J connectivity index is 2.19. The SMILES string of the molecule is CCCC(O)CNS(=O)(=O)c1ccc(-n2cc(C)cn2)c(F)c1. The Labute approximate surface area is 135 Å². The van der Waals surface area contributed by atoms with Crippen LogP contribution in [0.2, 0.25) is 0 Å². The number of hydrogen-bond acceptors (Lipinski definition) is 4. The third-order valence-corrected chi connectivity index (χ3v) is 4.74. The molecule has 0 aliphatic carbocycles. The van der Waals surface area contributed by atoms with Crippen LogP contribution >= 0.6 is 0 Å². The molecule has 0 spiro atoms. The number of sulfonamides is 1. The number of rotatable bonds is 7. The van der Waals surface area contributed by atoms with Gasteiger partial charge in [-0.05, 0) is 37.1 Å². The van der Waals surface area contributed by atoms with Crippen molar-refractivity contribution in [3.63, 3.8) is 0 Å². The summed E-state index contributed by atoms with van der Waals surface area (Å²) in [5.74, 6) is -0.690. The number of halogens is 1. The van der Waals surface area contributed by atoms with Crippen molar-refractivity contribution in [3.8, 4) is 5.69 Å². The Morgan fingerprint density at radius 1 is 1.43 bits per heavy atom. The van der Waals surface area contributed by atoms with Gasteiger partial charge in [-0.25, -0.2) is 22.2 Å². The van der Waals surface area contributed by atoms with E-state index >= 15 is 0 Å². The van der Waals surface area contributed by atoms with E-state index in [9.17, 15) is 17.9 Å². The minimum Gasteiger partial charge on any atom is -0.392 e. The summed E-state index contributed by atoms with van der Waals surface area (Å²) >= 11 is 0. The molecule has 1 atom stereocenters. The van der Waals surface area contributed by atoms with Gasteiger partial charge in [-0.1, -0.05) is 13.3 Å². The molecule has 0 saturated heterocycles. The Kier molecular flexibility index (Phi) is 5.51. The van der Waals surface area contributed by atoms with Gasteiger partial charge >= 0.3 is 0 Å². The Bertz CT molecular complexity index is 774.